The highest BCUT2D eigenvalue weighted by Gasteiger charge is 1.90. The number of nitrogens with one attached hydrogen (secondary N) is 1. The van der Waals surface area contributed by atoms with Gasteiger partial charge in [0.15, 0.2) is 0 Å². The van der Waals surface area contributed by atoms with Crippen LogP contribution in [0.25, 0.3) is 0 Å². The normalized spacial score (nSPS) is 11.2. The highest BCUT2D eigenvalue weighted by Crippen LogP contribution is 2.00. The predicted octanol–water partition coefficient (Wildman–Crippen LogP) is 2.08. The van der Waals surface area contributed by atoms with Gasteiger partial charge in [-0.15, -0.1) is 0 Å². The zero-order valence-electron chi connectivity index (χ0n) is 6.49. The average molecular weight is 125 g/mol. The van der Waals surface area contributed by atoms with Crippen LogP contribution >= 0.6 is 0 Å². The van der Waals surface area contributed by atoms with Crippen molar-refractivity contribution in [2.45, 2.75) is 20.8 Å². The fourth-order valence-electron chi connectivity index (χ4n) is 0.690. The molecule has 0 saturated heterocycles. The maximum atomic E-state index is 3.81. The van der Waals surface area contributed by atoms with Crippen molar-refractivity contribution >= 4 is 0 Å². The molecule has 0 unspecified atom stereocenters. The van der Waals surface area contributed by atoms with Crippen LogP contribution < -0.4 is 5.32 Å². The van der Waals surface area contributed by atoms with Gasteiger partial charge >= 0.3 is 0 Å². The van der Waals surface area contributed by atoms with Gasteiger partial charge in [-0.05, 0) is 26.3 Å². The Kier molecular flexibility index (Phi) is 3.85. The second-order valence-corrected chi connectivity index (χ2v) is 2.01. The Morgan fingerprint density at radius 3 is 2.33 bits per heavy atom. The summed E-state index contributed by atoms with van der Waals surface area (Å²) in [6, 6.07) is 0. The van der Waals surface area contributed by atoms with Crippen LogP contribution in [0.5, 0.6) is 0 Å². The van der Waals surface area contributed by atoms with E-state index in [0.29, 0.717) is 0 Å². The van der Waals surface area contributed by atoms with E-state index in [0.717, 1.165) is 17.8 Å². The quantitative estimate of drug-likeness (QED) is 0.569. The second kappa shape index (κ2) is 4.19. The Morgan fingerprint density at radius 1 is 1.67 bits per heavy atom. The van der Waals surface area contributed by atoms with Crippen molar-refractivity contribution in [1.82, 2.24) is 5.32 Å². The standard InChI is InChI=1S/C8H15N/c1-5-8(7(3)4)9-6-2/h5,9H,3,6H2,1-2,4H3/b8-5-. The molecule has 52 valence electrons. The number of rotatable bonds is 3. The van der Waals surface area contributed by atoms with Crippen molar-refractivity contribution in [3.8, 4) is 0 Å². The molecule has 0 heterocycles. The van der Waals surface area contributed by atoms with Gasteiger partial charge in [0.05, 0.1) is 0 Å². The Labute approximate surface area is 57.5 Å². The molecule has 0 amide bonds. The third-order valence-corrected chi connectivity index (χ3v) is 1.12. The zero-order valence-corrected chi connectivity index (χ0v) is 6.49. The minimum atomic E-state index is 0.965. The third-order valence-electron chi connectivity index (χ3n) is 1.12. The van der Waals surface area contributed by atoms with E-state index >= 15 is 0 Å². The molecule has 1 heteroatoms. The van der Waals surface area contributed by atoms with Crippen molar-refractivity contribution in [1.29, 1.82) is 0 Å². The first kappa shape index (κ1) is 8.28. The Balaban J connectivity index is 3.85. The van der Waals surface area contributed by atoms with Crippen LogP contribution in [0.15, 0.2) is 23.9 Å². The predicted molar refractivity (Wildman–Crippen MR) is 42.2 cm³/mol. The SMILES string of the molecule is C=C(C)/C(=C/C)NCC. The molecule has 0 bridgehead atoms. The van der Waals surface area contributed by atoms with Gasteiger partial charge in [-0.3, -0.25) is 0 Å². The second-order valence-electron chi connectivity index (χ2n) is 2.01. The highest BCUT2D eigenvalue weighted by atomic mass is 14.9. The van der Waals surface area contributed by atoms with Crippen molar-refractivity contribution in [3.63, 3.8) is 0 Å². The Bertz CT molecular complexity index is 123. The molecule has 0 aliphatic heterocycles. The van der Waals surface area contributed by atoms with E-state index in [-0.39, 0.29) is 0 Å². The molecule has 9 heavy (non-hydrogen) atoms. The van der Waals surface area contributed by atoms with Crippen LogP contribution in [0.2, 0.25) is 0 Å². The lowest BCUT2D eigenvalue weighted by Crippen LogP contribution is -2.12. The first-order valence-electron chi connectivity index (χ1n) is 3.28. The zero-order chi connectivity index (χ0) is 7.28. The monoisotopic (exact) mass is 125 g/mol. The first-order chi connectivity index (χ1) is 4.22. The lowest BCUT2D eigenvalue weighted by Gasteiger charge is -2.06. The van der Waals surface area contributed by atoms with Crippen LogP contribution in [0.4, 0.5) is 0 Å². The molecular weight excluding hydrogens is 110 g/mol. The molecule has 0 aromatic rings. The van der Waals surface area contributed by atoms with E-state index in [4.69, 9.17) is 0 Å². The van der Waals surface area contributed by atoms with Gasteiger partial charge in [0, 0.05) is 12.2 Å². The van der Waals surface area contributed by atoms with Crippen molar-refractivity contribution in [3.05, 3.63) is 23.9 Å². The molecule has 0 fully saturated rings. The molecule has 0 aromatic heterocycles. The summed E-state index contributed by atoms with van der Waals surface area (Å²) in [5, 5.41) is 3.19. The maximum absolute atomic E-state index is 3.81. The van der Waals surface area contributed by atoms with Gasteiger partial charge in [0.1, 0.15) is 0 Å². The van der Waals surface area contributed by atoms with E-state index in [9.17, 15) is 0 Å². The van der Waals surface area contributed by atoms with Crippen molar-refractivity contribution in [2.24, 2.45) is 0 Å². The molecular formula is C8H15N. The largest absolute Gasteiger partial charge is 0.385 e. The molecule has 0 radical (unpaired) electrons. The summed E-state index contributed by atoms with van der Waals surface area (Å²) in [4.78, 5) is 0. The van der Waals surface area contributed by atoms with Gasteiger partial charge in [0.2, 0.25) is 0 Å². The minimum absolute atomic E-state index is 0.965. The highest BCUT2D eigenvalue weighted by molar-refractivity contribution is 5.23. The molecule has 0 spiro atoms. The number of hydrogen-bond donors (Lipinski definition) is 1. The van der Waals surface area contributed by atoms with E-state index in [1.165, 1.54) is 0 Å². The van der Waals surface area contributed by atoms with Crippen LogP contribution in [0, 0.1) is 0 Å². The summed E-state index contributed by atoms with van der Waals surface area (Å²) in [6.07, 6.45) is 2.03. The topological polar surface area (TPSA) is 12.0 Å². The summed E-state index contributed by atoms with van der Waals surface area (Å²) in [5.74, 6) is 0. The minimum Gasteiger partial charge on any atom is -0.385 e. The fraction of sp³-hybridized carbons (Fsp3) is 0.500. The van der Waals surface area contributed by atoms with Crippen LogP contribution in [-0.4, -0.2) is 6.54 Å². The molecule has 0 aliphatic carbocycles. The van der Waals surface area contributed by atoms with Gasteiger partial charge < -0.3 is 5.32 Å². The number of likely N-dealkylation sites (N-methyl/N-ethyl adjacent to an activating group) is 1. The Morgan fingerprint density at radius 2 is 2.22 bits per heavy atom. The smallest absolute Gasteiger partial charge is 0.0320 e. The summed E-state index contributed by atoms with van der Waals surface area (Å²) in [7, 11) is 0. The number of hydrogen-bond acceptors (Lipinski definition) is 1. The van der Waals surface area contributed by atoms with Gasteiger partial charge in [0.25, 0.3) is 0 Å². The van der Waals surface area contributed by atoms with Gasteiger partial charge in [-0.2, -0.15) is 0 Å². The van der Waals surface area contributed by atoms with Crippen LogP contribution in [0.1, 0.15) is 20.8 Å². The summed E-state index contributed by atoms with van der Waals surface area (Å²) < 4.78 is 0. The molecule has 0 saturated carbocycles. The molecule has 0 aromatic carbocycles. The molecule has 0 atom stereocenters. The molecule has 0 rings (SSSR count). The van der Waals surface area contributed by atoms with E-state index < -0.39 is 0 Å². The average Bonchev–Trinajstić information content (AvgIpc) is 1.82. The van der Waals surface area contributed by atoms with Gasteiger partial charge in [-0.1, -0.05) is 12.7 Å². The number of allylic oxidation sites excluding steroid dienone is 2. The van der Waals surface area contributed by atoms with E-state index in [1.54, 1.807) is 0 Å². The first-order valence-corrected chi connectivity index (χ1v) is 3.28. The fourth-order valence-corrected chi connectivity index (χ4v) is 0.690. The molecule has 1 N–H and O–H groups in total. The summed E-state index contributed by atoms with van der Waals surface area (Å²) in [5.41, 5.74) is 2.25. The van der Waals surface area contributed by atoms with E-state index in [1.807, 2.05) is 19.9 Å². The van der Waals surface area contributed by atoms with Gasteiger partial charge in [-0.25, -0.2) is 0 Å². The van der Waals surface area contributed by atoms with Crippen molar-refractivity contribution < 1.29 is 0 Å². The van der Waals surface area contributed by atoms with Crippen LogP contribution in [0.3, 0.4) is 0 Å². The maximum Gasteiger partial charge on any atom is 0.0320 e. The molecule has 1 nitrogen and oxygen atoms in total. The van der Waals surface area contributed by atoms with Crippen molar-refractivity contribution in [2.75, 3.05) is 6.54 Å². The lowest BCUT2D eigenvalue weighted by molar-refractivity contribution is 0.861. The molecule has 0 aliphatic rings. The van der Waals surface area contributed by atoms with E-state index in [2.05, 4.69) is 18.8 Å². The summed E-state index contributed by atoms with van der Waals surface area (Å²) >= 11 is 0. The van der Waals surface area contributed by atoms with Crippen LogP contribution in [-0.2, 0) is 0 Å². The third kappa shape index (κ3) is 2.96. The lowest BCUT2D eigenvalue weighted by atomic mass is 10.2. The Hall–Kier alpha value is -0.720. The summed E-state index contributed by atoms with van der Waals surface area (Å²) in [6.45, 7) is 10.9.